The smallest absolute Gasteiger partial charge is 0.189 e. The maximum atomic E-state index is 11.9. The monoisotopic (exact) mass is 215 g/mol. The Hall–Kier alpha value is -1.74. The van der Waals surface area contributed by atoms with Gasteiger partial charge in [-0.15, -0.1) is 0 Å². The van der Waals surface area contributed by atoms with Gasteiger partial charge in [0.2, 0.25) is 0 Å². The van der Waals surface area contributed by atoms with E-state index >= 15 is 0 Å². The molecule has 0 saturated carbocycles. The standard InChI is InChI=1S/C13H13NO2/c1-2-16-9-13(15)11-7-8-14-12-6-4-3-5-10(11)12/h3-8H,2,9H2,1H3. The number of aromatic nitrogens is 1. The molecule has 2 aromatic rings. The molecular formula is C13H13NO2. The molecule has 0 N–H and O–H groups in total. The fourth-order valence-electron chi connectivity index (χ4n) is 1.61. The highest BCUT2D eigenvalue weighted by molar-refractivity contribution is 6.07. The van der Waals surface area contributed by atoms with Crippen LogP contribution in [0.15, 0.2) is 36.5 Å². The van der Waals surface area contributed by atoms with Crippen molar-refractivity contribution in [2.45, 2.75) is 6.92 Å². The fourth-order valence-corrected chi connectivity index (χ4v) is 1.61. The molecule has 0 aliphatic rings. The van der Waals surface area contributed by atoms with Crippen LogP contribution >= 0.6 is 0 Å². The van der Waals surface area contributed by atoms with Crippen molar-refractivity contribution in [1.29, 1.82) is 0 Å². The van der Waals surface area contributed by atoms with Crippen molar-refractivity contribution in [3.8, 4) is 0 Å². The van der Waals surface area contributed by atoms with Crippen LogP contribution < -0.4 is 0 Å². The second kappa shape index (κ2) is 4.86. The second-order valence-electron chi connectivity index (χ2n) is 3.44. The van der Waals surface area contributed by atoms with Gasteiger partial charge in [0.1, 0.15) is 6.61 Å². The van der Waals surface area contributed by atoms with Crippen molar-refractivity contribution in [1.82, 2.24) is 4.98 Å². The molecule has 0 unspecified atom stereocenters. The van der Waals surface area contributed by atoms with Crippen LogP contribution in [-0.4, -0.2) is 24.0 Å². The van der Waals surface area contributed by atoms with Crippen LogP contribution in [-0.2, 0) is 4.74 Å². The first kappa shape index (κ1) is 10.8. The van der Waals surface area contributed by atoms with Gasteiger partial charge in [-0.25, -0.2) is 0 Å². The Bertz CT molecular complexity index is 503. The Morgan fingerprint density at radius 1 is 1.31 bits per heavy atom. The number of carbonyl (C=O) groups excluding carboxylic acids is 1. The summed E-state index contributed by atoms with van der Waals surface area (Å²) in [6, 6.07) is 9.35. The van der Waals surface area contributed by atoms with E-state index in [1.165, 1.54) is 0 Å². The Kier molecular flexibility index (Phi) is 3.27. The van der Waals surface area contributed by atoms with Gasteiger partial charge in [-0.05, 0) is 19.1 Å². The first-order chi connectivity index (χ1) is 7.83. The van der Waals surface area contributed by atoms with Crippen LogP contribution in [0.2, 0.25) is 0 Å². The first-order valence-corrected chi connectivity index (χ1v) is 5.27. The zero-order chi connectivity index (χ0) is 11.4. The summed E-state index contributed by atoms with van der Waals surface area (Å²) in [5.41, 5.74) is 1.52. The number of nitrogens with zero attached hydrogens (tertiary/aromatic N) is 1. The summed E-state index contributed by atoms with van der Waals surface area (Å²) in [4.78, 5) is 16.1. The average Bonchev–Trinajstić information content (AvgIpc) is 2.35. The summed E-state index contributed by atoms with van der Waals surface area (Å²) < 4.78 is 5.13. The highest BCUT2D eigenvalue weighted by Crippen LogP contribution is 2.16. The van der Waals surface area contributed by atoms with E-state index in [4.69, 9.17) is 4.74 Å². The third-order valence-corrected chi connectivity index (χ3v) is 2.39. The highest BCUT2D eigenvalue weighted by Gasteiger charge is 2.09. The molecule has 0 amide bonds. The van der Waals surface area contributed by atoms with Crippen LogP contribution in [0.4, 0.5) is 0 Å². The van der Waals surface area contributed by atoms with E-state index in [1.807, 2.05) is 31.2 Å². The molecular weight excluding hydrogens is 202 g/mol. The van der Waals surface area contributed by atoms with Crippen LogP contribution in [0.5, 0.6) is 0 Å². The number of para-hydroxylation sites is 1. The summed E-state index contributed by atoms with van der Waals surface area (Å²) in [5, 5.41) is 0.884. The van der Waals surface area contributed by atoms with Crippen molar-refractivity contribution >= 4 is 16.7 Å². The molecule has 0 bridgehead atoms. The number of hydrogen-bond donors (Lipinski definition) is 0. The normalized spacial score (nSPS) is 10.6. The van der Waals surface area contributed by atoms with Gasteiger partial charge < -0.3 is 4.74 Å². The van der Waals surface area contributed by atoms with E-state index in [2.05, 4.69) is 4.98 Å². The topological polar surface area (TPSA) is 39.2 Å². The van der Waals surface area contributed by atoms with Crippen molar-refractivity contribution in [3.05, 3.63) is 42.1 Å². The lowest BCUT2D eigenvalue weighted by molar-refractivity contribution is 0.0785. The lowest BCUT2D eigenvalue weighted by Gasteiger charge is -2.04. The number of pyridine rings is 1. The minimum atomic E-state index is 0.000417. The Morgan fingerprint density at radius 2 is 2.12 bits per heavy atom. The summed E-state index contributed by atoms with van der Waals surface area (Å²) in [6.07, 6.45) is 1.65. The van der Waals surface area contributed by atoms with Gasteiger partial charge >= 0.3 is 0 Å². The number of fused-ring (bicyclic) bond motifs is 1. The van der Waals surface area contributed by atoms with Gasteiger partial charge in [0.25, 0.3) is 0 Å². The van der Waals surface area contributed by atoms with Crippen molar-refractivity contribution < 1.29 is 9.53 Å². The molecule has 1 heterocycles. The molecule has 82 valence electrons. The maximum Gasteiger partial charge on any atom is 0.189 e. The van der Waals surface area contributed by atoms with E-state index in [0.29, 0.717) is 12.2 Å². The molecule has 0 aliphatic carbocycles. The summed E-state index contributed by atoms with van der Waals surface area (Å²) in [6.45, 7) is 2.55. The predicted molar refractivity (Wildman–Crippen MR) is 62.6 cm³/mol. The quantitative estimate of drug-likeness (QED) is 0.735. The summed E-state index contributed by atoms with van der Waals surface area (Å²) in [5.74, 6) is 0.000417. The number of Topliss-reactive ketones (excluding diaryl/α,β-unsaturated/α-hetero) is 1. The zero-order valence-electron chi connectivity index (χ0n) is 9.14. The predicted octanol–water partition coefficient (Wildman–Crippen LogP) is 2.45. The molecule has 0 saturated heterocycles. The number of benzene rings is 1. The molecule has 0 atom stereocenters. The molecule has 3 heteroatoms. The SMILES string of the molecule is CCOCC(=O)c1ccnc2ccccc12. The molecule has 0 aliphatic heterocycles. The third-order valence-electron chi connectivity index (χ3n) is 2.39. The van der Waals surface area contributed by atoms with Crippen LogP contribution in [0.1, 0.15) is 17.3 Å². The minimum Gasteiger partial charge on any atom is -0.374 e. The Morgan fingerprint density at radius 3 is 2.94 bits per heavy atom. The van der Waals surface area contributed by atoms with E-state index in [9.17, 15) is 4.79 Å². The molecule has 0 spiro atoms. The van der Waals surface area contributed by atoms with Crippen molar-refractivity contribution in [3.63, 3.8) is 0 Å². The fraction of sp³-hybridized carbons (Fsp3) is 0.231. The molecule has 0 radical (unpaired) electrons. The average molecular weight is 215 g/mol. The van der Waals surface area contributed by atoms with Gasteiger partial charge in [0, 0.05) is 23.8 Å². The molecule has 1 aromatic carbocycles. The number of carbonyl (C=O) groups is 1. The van der Waals surface area contributed by atoms with E-state index in [-0.39, 0.29) is 12.4 Å². The number of ketones is 1. The molecule has 0 fully saturated rings. The zero-order valence-corrected chi connectivity index (χ0v) is 9.14. The van der Waals surface area contributed by atoms with E-state index in [1.54, 1.807) is 12.3 Å². The molecule has 16 heavy (non-hydrogen) atoms. The van der Waals surface area contributed by atoms with Crippen LogP contribution in [0.3, 0.4) is 0 Å². The largest absolute Gasteiger partial charge is 0.374 e. The van der Waals surface area contributed by atoms with E-state index in [0.717, 1.165) is 10.9 Å². The van der Waals surface area contributed by atoms with Crippen molar-refractivity contribution in [2.24, 2.45) is 0 Å². The van der Waals surface area contributed by atoms with Gasteiger partial charge in [0.05, 0.1) is 5.52 Å². The number of ether oxygens (including phenoxy) is 1. The van der Waals surface area contributed by atoms with Crippen LogP contribution in [0.25, 0.3) is 10.9 Å². The van der Waals surface area contributed by atoms with Gasteiger partial charge in [-0.1, -0.05) is 18.2 Å². The molecule has 3 nitrogen and oxygen atoms in total. The second-order valence-corrected chi connectivity index (χ2v) is 3.44. The van der Waals surface area contributed by atoms with Gasteiger partial charge in [-0.2, -0.15) is 0 Å². The molecule has 2 rings (SSSR count). The van der Waals surface area contributed by atoms with Gasteiger partial charge in [-0.3, -0.25) is 9.78 Å². The van der Waals surface area contributed by atoms with E-state index < -0.39 is 0 Å². The Labute approximate surface area is 94.1 Å². The Balaban J connectivity index is 2.40. The summed E-state index contributed by atoms with van der Waals surface area (Å²) >= 11 is 0. The first-order valence-electron chi connectivity index (χ1n) is 5.27. The molecule has 1 aromatic heterocycles. The maximum absolute atomic E-state index is 11.9. The van der Waals surface area contributed by atoms with Gasteiger partial charge in [0.15, 0.2) is 5.78 Å². The summed E-state index contributed by atoms with van der Waals surface area (Å²) in [7, 11) is 0. The minimum absolute atomic E-state index is 0.000417. The number of rotatable bonds is 4. The highest BCUT2D eigenvalue weighted by atomic mass is 16.5. The lowest BCUT2D eigenvalue weighted by atomic mass is 10.1. The van der Waals surface area contributed by atoms with Crippen molar-refractivity contribution in [2.75, 3.05) is 13.2 Å². The number of hydrogen-bond acceptors (Lipinski definition) is 3. The lowest BCUT2D eigenvalue weighted by Crippen LogP contribution is -2.09. The third kappa shape index (κ3) is 2.09. The van der Waals surface area contributed by atoms with Crippen LogP contribution in [0, 0.1) is 0 Å².